The Morgan fingerprint density at radius 2 is 2.28 bits per heavy atom. The third-order valence-corrected chi connectivity index (χ3v) is 3.22. The van der Waals surface area contributed by atoms with Gasteiger partial charge in [-0.3, -0.25) is 9.69 Å². The van der Waals surface area contributed by atoms with Crippen LogP contribution >= 0.6 is 11.8 Å². The van der Waals surface area contributed by atoms with Crippen molar-refractivity contribution >= 4 is 34.6 Å². The number of halogens is 1. The largest absolute Gasteiger partial charge is 0.463 e. The molecule has 0 atom stereocenters. The molecule has 0 unspecified atom stereocenters. The number of amides is 2. The van der Waals surface area contributed by atoms with Crippen molar-refractivity contribution in [3.05, 3.63) is 29.6 Å². The van der Waals surface area contributed by atoms with E-state index < -0.39 is 11.9 Å². The summed E-state index contributed by atoms with van der Waals surface area (Å²) in [6.07, 6.45) is -1.41. The van der Waals surface area contributed by atoms with Crippen LogP contribution in [0, 0.1) is 12.7 Å². The van der Waals surface area contributed by atoms with Gasteiger partial charge in [0.05, 0.1) is 11.4 Å². The fraction of sp³-hybridized carbons (Fsp3) is 0.182. The maximum Gasteiger partial charge on any atom is 0.433 e. The van der Waals surface area contributed by atoms with E-state index in [1.165, 1.54) is 12.1 Å². The Kier molecular flexibility index (Phi) is 3.33. The molecule has 0 spiro atoms. The number of carboxylic acid groups (broad SMARTS) is 1. The molecule has 1 N–H and O–H groups in total. The Morgan fingerprint density at radius 3 is 2.94 bits per heavy atom. The summed E-state index contributed by atoms with van der Waals surface area (Å²) in [7, 11) is 0. The van der Waals surface area contributed by atoms with E-state index in [1.807, 2.05) is 0 Å². The van der Waals surface area contributed by atoms with E-state index >= 15 is 0 Å². The van der Waals surface area contributed by atoms with E-state index in [0.717, 1.165) is 22.2 Å². The Hall–Kier alpha value is -1.89. The summed E-state index contributed by atoms with van der Waals surface area (Å²) in [4.78, 5) is 26.5. The number of thioether (sulfide) groups is 1. The molecular weight excluding hydrogens is 259 g/mol. The summed E-state index contributed by atoms with van der Waals surface area (Å²) in [6.45, 7) is 1.75. The van der Waals surface area contributed by atoms with Gasteiger partial charge in [-0.15, -0.1) is 0 Å². The van der Waals surface area contributed by atoms with Gasteiger partial charge >= 0.3 is 6.09 Å². The average molecular weight is 268 g/mol. The second-order valence-corrected chi connectivity index (χ2v) is 4.59. The monoisotopic (exact) mass is 268 g/mol. The van der Waals surface area contributed by atoms with Crippen LogP contribution < -0.4 is 4.90 Å². The molecule has 0 radical (unpaired) electrons. The number of benzene rings is 1. The van der Waals surface area contributed by atoms with E-state index in [-0.39, 0.29) is 22.5 Å². The second-order valence-electron chi connectivity index (χ2n) is 3.65. The zero-order chi connectivity index (χ0) is 13.3. The number of hydrogen-bond acceptors (Lipinski definition) is 3. The predicted octanol–water partition coefficient (Wildman–Crippen LogP) is 2.25. The van der Waals surface area contributed by atoms with Crippen LogP contribution in [-0.2, 0) is 4.79 Å². The van der Waals surface area contributed by atoms with Crippen molar-refractivity contribution in [3.8, 4) is 0 Å². The van der Waals surface area contributed by atoms with Gasteiger partial charge < -0.3 is 5.11 Å². The molecule has 0 bridgehead atoms. The number of hydrogen-bond donors (Lipinski definition) is 1. The molecule has 1 aliphatic rings. The van der Waals surface area contributed by atoms with Gasteiger partial charge in [-0.2, -0.15) is 4.99 Å². The van der Waals surface area contributed by atoms with Crippen LogP contribution in [-0.4, -0.2) is 28.0 Å². The van der Waals surface area contributed by atoms with Crippen molar-refractivity contribution in [1.29, 1.82) is 0 Å². The van der Waals surface area contributed by atoms with E-state index in [9.17, 15) is 14.0 Å². The van der Waals surface area contributed by atoms with Crippen LogP contribution in [0.15, 0.2) is 23.2 Å². The highest BCUT2D eigenvalue weighted by Gasteiger charge is 2.32. The molecule has 1 heterocycles. The minimum atomic E-state index is -1.41. The Labute approximate surface area is 106 Å². The number of amidine groups is 1. The summed E-state index contributed by atoms with van der Waals surface area (Å²) in [5.41, 5.74) is 0.802. The molecule has 94 valence electrons. The van der Waals surface area contributed by atoms with Crippen molar-refractivity contribution in [1.82, 2.24) is 0 Å². The Morgan fingerprint density at radius 1 is 1.56 bits per heavy atom. The first-order valence-corrected chi connectivity index (χ1v) is 6.01. The molecule has 0 aromatic heterocycles. The number of carbonyl (C=O) groups excluding carboxylic acids is 1. The quantitative estimate of drug-likeness (QED) is 0.848. The van der Waals surface area contributed by atoms with E-state index in [0.29, 0.717) is 0 Å². The molecule has 0 aliphatic carbocycles. The fourth-order valence-corrected chi connectivity index (χ4v) is 2.41. The lowest BCUT2D eigenvalue weighted by Gasteiger charge is -2.16. The van der Waals surface area contributed by atoms with Gasteiger partial charge in [0.15, 0.2) is 5.17 Å². The fourth-order valence-electron chi connectivity index (χ4n) is 1.56. The van der Waals surface area contributed by atoms with Crippen molar-refractivity contribution in [2.45, 2.75) is 6.92 Å². The molecule has 0 saturated carbocycles. The summed E-state index contributed by atoms with van der Waals surface area (Å²) in [6, 6.07) is 4.29. The number of aliphatic imine (C=N–C) groups is 1. The maximum absolute atomic E-state index is 13.7. The zero-order valence-electron chi connectivity index (χ0n) is 9.38. The molecule has 1 aromatic carbocycles. The molecular formula is C11H9FN2O3S. The smallest absolute Gasteiger partial charge is 0.433 e. The summed E-state index contributed by atoms with van der Waals surface area (Å²) >= 11 is 0.975. The van der Waals surface area contributed by atoms with Gasteiger partial charge in [0, 0.05) is 0 Å². The molecule has 18 heavy (non-hydrogen) atoms. The average Bonchev–Trinajstić information content (AvgIpc) is 2.63. The minimum absolute atomic E-state index is 0.0167. The standard InChI is InChI=1S/C11H9FN2O3S/c1-6-2-3-7(12)8(4-6)14-9(15)5-18-10(14)13-11(16)17/h2-4H,5H2,1H3,(H,16,17)/b13-10-. The summed E-state index contributed by atoms with van der Waals surface area (Å²) < 4.78 is 13.7. The highest BCUT2D eigenvalue weighted by atomic mass is 32.2. The van der Waals surface area contributed by atoms with Crippen molar-refractivity contribution < 1.29 is 19.1 Å². The number of carbonyl (C=O) groups is 2. The molecule has 2 rings (SSSR count). The highest BCUT2D eigenvalue weighted by Crippen LogP contribution is 2.29. The van der Waals surface area contributed by atoms with Crippen molar-refractivity contribution in [3.63, 3.8) is 0 Å². The van der Waals surface area contributed by atoms with E-state index in [2.05, 4.69) is 4.99 Å². The molecule has 5 nitrogen and oxygen atoms in total. The lowest BCUT2D eigenvalue weighted by molar-refractivity contribution is -0.115. The van der Waals surface area contributed by atoms with Gasteiger partial charge in [0.1, 0.15) is 5.82 Å². The molecule has 2 amide bonds. The topological polar surface area (TPSA) is 70.0 Å². The Balaban J connectivity index is 2.49. The number of nitrogens with zero attached hydrogens (tertiary/aromatic N) is 2. The lowest BCUT2D eigenvalue weighted by Crippen LogP contribution is -2.30. The normalized spacial score (nSPS) is 17.6. The third-order valence-electron chi connectivity index (χ3n) is 2.30. The maximum atomic E-state index is 13.7. The second kappa shape index (κ2) is 4.77. The first kappa shape index (κ1) is 12.6. The molecule has 1 aromatic rings. The van der Waals surface area contributed by atoms with Crippen molar-refractivity contribution in [2.24, 2.45) is 4.99 Å². The van der Waals surface area contributed by atoms with E-state index in [4.69, 9.17) is 5.11 Å². The van der Waals surface area contributed by atoms with Crippen LogP contribution in [0.4, 0.5) is 14.9 Å². The van der Waals surface area contributed by atoms with E-state index in [1.54, 1.807) is 13.0 Å². The molecule has 1 fully saturated rings. The predicted molar refractivity (Wildman–Crippen MR) is 66.5 cm³/mol. The van der Waals surface area contributed by atoms with Gasteiger partial charge in [-0.05, 0) is 24.6 Å². The number of aryl methyl sites for hydroxylation is 1. The lowest BCUT2D eigenvalue weighted by atomic mass is 10.2. The third kappa shape index (κ3) is 2.35. The highest BCUT2D eigenvalue weighted by molar-refractivity contribution is 8.15. The summed E-state index contributed by atoms with van der Waals surface area (Å²) in [5.74, 6) is -0.918. The number of anilines is 1. The van der Waals surface area contributed by atoms with Gasteiger partial charge in [-0.25, -0.2) is 9.18 Å². The first-order chi connectivity index (χ1) is 8.49. The molecule has 1 aliphatic heterocycles. The molecule has 7 heteroatoms. The van der Waals surface area contributed by atoms with Gasteiger partial charge in [0.2, 0.25) is 5.91 Å². The Bertz CT molecular complexity index is 559. The van der Waals surface area contributed by atoms with Crippen molar-refractivity contribution in [2.75, 3.05) is 10.7 Å². The summed E-state index contributed by atoms with van der Waals surface area (Å²) in [5, 5.41) is 8.60. The zero-order valence-corrected chi connectivity index (χ0v) is 10.2. The van der Waals surface area contributed by atoms with Crippen LogP contribution in [0.3, 0.4) is 0 Å². The van der Waals surface area contributed by atoms with Crippen LogP contribution in [0.25, 0.3) is 0 Å². The van der Waals surface area contributed by atoms with Gasteiger partial charge in [0.25, 0.3) is 0 Å². The van der Waals surface area contributed by atoms with Crippen LogP contribution in [0.1, 0.15) is 5.56 Å². The van der Waals surface area contributed by atoms with Crippen LogP contribution in [0.2, 0.25) is 0 Å². The SMILES string of the molecule is Cc1ccc(F)c(N2C(=O)CS/C2=N\C(=O)O)c1. The minimum Gasteiger partial charge on any atom is -0.463 e. The molecule has 1 saturated heterocycles. The first-order valence-electron chi connectivity index (χ1n) is 5.02. The van der Waals surface area contributed by atoms with Crippen LogP contribution in [0.5, 0.6) is 0 Å². The van der Waals surface area contributed by atoms with Gasteiger partial charge in [-0.1, -0.05) is 17.8 Å². The number of rotatable bonds is 1.